The van der Waals surface area contributed by atoms with Crippen LogP contribution in [0.2, 0.25) is 0 Å². The molecule has 2 unspecified atom stereocenters. The van der Waals surface area contributed by atoms with E-state index < -0.39 is 13.9 Å². The lowest BCUT2D eigenvalue weighted by atomic mass is 10.0. The van der Waals surface area contributed by atoms with Crippen molar-refractivity contribution in [3.05, 3.63) is 0 Å². The van der Waals surface area contributed by atoms with Gasteiger partial charge in [0.25, 0.3) is 0 Å². The number of ether oxygens (including phenoxy) is 2. The maximum atomic E-state index is 12.7. The van der Waals surface area contributed by atoms with E-state index in [4.69, 9.17) is 18.5 Å². The third kappa shape index (κ3) is 42.6. The molecule has 2 atom stereocenters. The van der Waals surface area contributed by atoms with Crippen molar-refractivity contribution in [3.63, 3.8) is 0 Å². The van der Waals surface area contributed by atoms with Gasteiger partial charge >= 0.3 is 13.8 Å². The Labute approximate surface area is 336 Å². The third-order valence-corrected chi connectivity index (χ3v) is 11.4. The molecule has 0 aliphatic heterocycles. The van der Waals surface area contributed by atoms with Gasteiger partial charge in [-0.2, -0.15) is 0 Å². The van der Waals surface area contributed by atoms with Crippen molar-refractivity contribution in [3.8, 4) is 0 Å². The van der Waals surface area contributed by atoms with Gasteiger partial charge in [0.05, 0.1) is 34.4 Å². The molecule has 0 aliphatic carbocycles. The van der Waals surface area contributed by atoms with Crippen LogP contribution >= 0.6 is 7.82 Å². The summed E-state index contributed by atoms with van der Waals surface area (Å²) < 4.78 is 34.8. The molecule has 1 N–H and O–H groups in total. The zero-order chi connectivity index (χ0) is 39.9. The van der Waals surface area contributed by atoms with E-state index in [1.807, 2.05) is 21.1 Å². The smallest absolute Gasteiger partial charge is 0.457 e. The van der Waals surface area contributed by atoms with Crippen LogP contribution in [0.1, 0.15) is 226 Å². The molecule has 324 valence electrons. The average molecular weight is 791 g/mol. The predicted octanol–water partition coefficient (Wildman–Crippen LogP) is 13.7. The number of phosphoric acid groups is 1. The largest absolute Gasteiger partial charge is 0.472 e. The number of likely N-dealkylation sites (N-methyl/N-ethyl adjacent to an activating group) is 1. The molecule has 0 radical (unpaired) electrons. The molecule has 0 heterocycles. The molecular weight excluding hydrogens is 697 g/mol. The molecular formula is C45H93NO7P+. The highest BCUT2D eigenvalue weighted by molar-refractivity contribution is 7.47. The van der Waals surface area contributed by atoms with Crippen LogP contribution in [0.15, 0.2) is 0 Å². The Morgan fingerprint density at radius 1 is 0.500 bits per heavy atom. The van der Waals surface area contributed by atoms with Crippen LogP contribution in [0.3, 0.4) is 0 Å². The first kappa shape index (κ1) is 53.5. The summed E-state index contributed by atoms with van der Waals surface area (Å²) in [4.78, 5) is 22.8. The number of phosphoric ester groups is 1. The Balaban J connectivity index is 3.90. The summed E-state index contributed by atoms with van der Waals surface area (Å²) in [7, 11) is 1.68. The van der Waals surface area contributed by atoms with Gasteiger partial charge in [0.2, 0.25) is 0 Å². The number of carbonyl (C=O) groups excluding carboxylic acids is 1. The van der Waals surface area contributed by atoms with Crippen molar-refractivity contribution in [2.24, 2.45) is 0 Å². The number of hydrogen-bond donors (Lipinski definition) is 1. The van der Waals surface area contributed by atoms with Crippen LogP contribution in [-0.4, -0.2) is 75.6 Å². The highest BCUT2D eigenvalue weighted by atomic mass is 31.2. The molecule has 0 fully saturated rings. The van der Waals surface area contributed by atoms with Crippen molar-refractivity contribution in [1.29, 1.82) is 0 Å². The monoisotopic (exact) mass is 791 g/mol. The standard InChI is InChI=1S/C45H92NO7P/c1-6-8-10-12-14-15-16-17-18-19-20-21-22-23-24-25-26-27-28-29-30-31-32-34-36-38-45(47)53-44(42-50-40-37-35-33-13-11-9-7-2)43-52-54(48,49)51-41-39-46(3,4)5/h44H,6-43H2,1-5H3/p+1. The lowest BCUT2D eigenvalue weighted by Crippen LogP contribution is -2.37. The quantitative estimate of drug-likeness (QED) is 0.0284. The Morgan fingerprint density at radius 3 is 1.22 bits per heavy atom. The van der Waals surface area contributed by atoms with Gasteiger partial charge in [-0.3, -0.25) is 13.8 Å². The van der Waals surface area contributed by atoms with Gasteiger partial charge < -0.3 is 18.9 Å². The molecule has 0 bridgehead atoms. The summed E-state index contributed by atoms with van der Waals surface area (Å²) in [6.45, 7) is 5.64. The highest BCUT2D eigenvalue weighted by Gasteiger charge is 2.26. The zero-order valence-corrected chi connectivity index (χ0v) is 37.6. The Morgan fingerprint density at radius 2 is 0.852 bits per heavy atom. The van der Waals surface area contributed by atoms with E-state index in [1.54, 1.807) is 0 Å². The summed E-state index contributed by atoms with van der Waals surface area (Å²) in [5.41, 5.74) is 0. The highest BCUT2D eigenvalue weighted by Crippen LogP contribution is 2.43. The summed E-state index contributed by atoms with van der Waals surface area (Å²) in [6.07, 6.45) is 41.6. The van der Waals surface area contributed by atoms with E-state index in [-0.39, 0.29) is 25.8 Å². The molecule has 0 saturated carbocycles. The first-order valence-electron chi connectivity index (χ1n) is 23.3. The van der Waals surface area contributed by atoms with Crippen molar-refractivity contribution >= 4 is 13.8 Å². The van der Waals surface area contributed by atoms with E-state index in [0.29, 0.717) is 24.1 Å². The topological polar surface area (TPSA) is 91.3 Å². The number of rotatable bonds is 44. The molecule has 0 aromatic heterocycles. The number of unbranched alkanes of at least 4 members (excludes halogenated alkanes) is 30. The van der Waals surface area contributed by atoms with Crippen LogP contribution in [-0.2, 0) is 27.9 Å². The first-order valence-corrected chi connectivity index (χ1v) is 24.8. The molecule has 0 amide bonds. The fourth-order valence-electron chi connectivity index (χ4n) is 6.79. The second kappa shape index (κ2) is 39.3. The van der Waals surface area contributed by atoms with Gasteiger partial charge in [0, 0.05) is 13.0 Å². The van der Waals surface area contributed by atoms with E-state index in [2.05, 4.69) is 13.8 Å². The van der Waals surface area contributed by atoms with Gasteiger partial charge in [-0.15, -0.1) is 0 Å². The SMILES string of the molecule is CCCCCCCCCCCCCCCCCCCCCCCCCCCC(=O)OC(COCCCCCCCCC)COP(=O)(O)OCC[N+](C)(C)C. The summed E-state index contributed by atoms with van der Waals surface area (Å²) in [5, 5.41) is 0. The summed E-state index contributed by atoms with van der Waals surface area (Å²) in [6, 6.07) is 0. The maximum absolute atomic E-state index is 12.7. The van der Waals surface area contributed by atoms with Gasteiger partial charge in [0.1, 0.15) is 19.3 Å². The number of esters is 1. The van der Waals surface area contributed by atoms with Crippen molar-refractivity contribution in [1.82, 2.24) is 0 Å². The second-order valence-corrected chi connectivity index (χ2v) is 18.6. The zero-order valence-electron chi connectivity index (χ0n) is 36.7. The minimum atomic E-state index is -4.26. The molecule has 9 heteroatoms. The first-order chi connectivity index (χ1) is 26.1. The van der Waals surface area contributed by atoms with Crippen molar-refractivity contribution < 1.29 is 37.3 Å². The van der Waals surface area contributed by atoms with Crippen LogP contribution in [0.5, 0.6) is 0 Å². The summed E-state index contributed by atoms with van der Waals surface area (Å²) >= 11 is 0. The Hall–Kier alpha value is -0.500. The fourth-order valence-corrected chi connectivity index (χ4v) is 7.53. The van der Waals surface area contributed by atoms with Crippen molar-refractivity contribution in [2.45, 2.75) is 232 Å². The van der Waals surface area contributed by atoms with Gasteiger partial charge in [-0.25, -0.2) is 4.57 Å². The molecule has 0 aliphatic rings. The van der Waals surface area contributed by atoms with Gasteiger partial charge in [-0.1, -0.05) is 206 Å². The maximum Gasteiger partial charge on any atom is 0.472 e. The van der Waals surface area contributed by atoms with Gasteiger partial charge in [0.15, 0.2) is 0 Å². The van der Waals surface area contributed by atoms with Crippen LogP contribution in [0.4, 0.5) is 0 Å². The van der Waals surface area contributed by atoms with E-state index in [0.717, 1.165) is 32.1 Å². The minimum Gasteiger partial charge on any atom is -0.457 e. The van der Waals surface area contributed by atoms with Crippen molar-refractivity contribution in [2.75, 3.05) is 54.1 Å². The Bertz CT molecular complexity index is 837. The second-order valence-electron chi connectivity index (χ2n) is 17.2. The molecule has 0 saturated heterocycles. The van der Waals surface area contributed by atoms with Crippen LogP contribution in [0.25, 0.3) is 0 Å². The summed E-state index contributed by atoms with van der Waals surface area (Å²) in [5.74, 6) is -0.309. The molecule has 0 aromatic carbocycles. The van der Waals surface area contributed by atoms with E-state index in [9.17, 15) is 14.3 Å². The number of hydrogen-bond acceptors (Lipinski definition) is 6. The number of carbonyl (C=O) groups is 1. The number of nitrogens with zero attached hydrogens (tertiary/aromatic N) is 1. The molecule has 54 heavy (non-hydrogen) atoms. The fraction of sp³-hybridized carbons (Fsp3) is 0.978. The minimum absolute atomic E-state index is 0.0933. The Kier molecular flexibility index (Phi) is 39.0. The van der Waals surface area contributed by atoms with Crippen LogP contribution < -0.4 is 0 Å². The van der Waals surface area contributed by atoms with Gasteiger partial charge in [-0.05, 0) is 12.8 Å². The van der Waals surface area contributed by atoms with E-state index in [1.165, 1.54) is 173 Å². The molecule has 8 nitrogen and oxygen atoms in total. The lowest BCUT2D eigenvalue weighted by molar-refractivity contribution is -0.870. The third-order valence-electron chi connectivity index (χ3n) is 10.4. The lowest BCUT2D eigenvalue weighted by Gasteiger charge is -2.24. The van der Waals surface area contributed by atoms with Crippen LogP contribution in [0, 0.1) is 0 Å². The average Bonchev–Trinajstić information content (AvgIpc) is 3.12. The molecule has 0 aromatic rings. The molecule has 0 spiro atoms. The van der Waals surface area contributed by atoms with E-state index >= 15 is 0 Å². The number of quaternary nitrogens is 1. The molecule has 0 rings (SSSR count). The normalized spacial score (nSPS) is 13.7. The predicted molar refractivity (Wildman–Crippen MR) is 229 cm³/mol.